The van der Waals surface area contributed by atoms with Crippen molar-refractivity contribution < 1.29 is 26.3 Å². The van der Waals surface area contributed by atoms with Gasteiger partial charge in [0.2, 0.25) is 0 Å². The first kappa shape index (κ1) is 18.4. The van der Waals surface area contributed by atoms with Crippen molar-refractivity contribution in [1.82, 2.24) is 10.2 Å². The lowest BCUT2D eigenvalue weighted by Crippen LogP contribution is -2.46. The van der Waals surface area contributed by atoms with Gasteiger partial charge in [0, 0.05) is 37.1 Å². The second-order valence-electron chi connectivity index (χ2n) is 5.21. The molecule has 23 heavy (non-hydrogen) atoms. The molecule has 1 saturated heterocycles. The zero-order valence-electron chi connectivity index (χ0n) is 12.0. The van der Waals surface area contributed by atoms with Gasteiger partial charge in [-0.05, 0) is 23.4 Å². The average Bonchev–Trinajstić information content (AvgIpc) is 2.44. The minimum absolute atomic E-state index is 0.0778. The van der Waals surface area contributed by atoms with Crippen molar-refractivity contribution in [3.63, 3.8) is 0 Å². The largest absolute Gasteiger partial charge is 0.446 e. The standard InChI is InChI=1S/C14H16F6N2S/c15-13(16,17)9-11(22-7-5-21-6-8-22)10-3-1-2-4-12(10)23-14(18,19)20/h1-4,11,21H,5-9H2/t11-/m0/s1. The van der Waals surface area contributed by atoms with Crippen LogP contribution in [-0.2, 0) is 0 Å². The lowest BCUT2D eigenvalue weighted by atomic mass is 10.0. The number of alkyl halides is 6. The summed E-state index contributed by atoms with van der Waals surface area (Å²) in [5.41, 5.74) is -4.46. The number of piperazine rings is 1. The van der Waals surface area contributed by atoms with Gasteiger partial charge in [-0.3, -0.25) is 4.90 Å². The molecular formula is C14H16F6N2S. The number of thioether (sulfide) groups is 1. The van der Waals surface area contributed by atoms with E-state index in [-0.39, 0.29) is 22.2 Å². The smallest absolute Gasteiger partial charge is 0.314 e. The molecule has 0 unspecified atom stereocenters. The zero-order valence-corrected chi connectivity index (χ0v) is 12.9. The van der Waals surface area contributed by atoms with Crippen LogP contribution >= 0.6 is 11.8 Å². The molecule has 1 heterocycles. The van der Waals surface area contributed by atoms with Gasteiger partial charge in [-0.1, -0.05) is 18.2 Å². The van der Waals surface area contributed by atoms with Crippen molar-refractivity contribution in [2.75, 3.05) is 26.2 Å². The summed E-state index contributed by atoms with van der Waals surface area (Å²) in [6, 6.07) is 4.34. The minimum Gasteiger partial charge on any atom is -0.314 e. The number of hydrogen-bond acceptors (Lipinski definition) is 3. The molecule has 0 bridgehead atoms. The van der Waals surface area contributed by atoms with Crippen molar-refractivity contribution in [3.05, 3.63) is 29.8 Å². The SMILES string of the molecule is FC(F)(F)C[C@@H](c1ccccc1SC(F)(F)F)N1CCNCC1. The summed E-state index contributed by atoms with van der Waals surface area (Å²) in [4.78, 5) is 1.42. The Morgan fingerprint density at radius 3 is 2.22 bits per heavy atom. The van der Waals surface area contributed by atoms with E-state index in [1.165, 1.54) is 24.3 Å². The molecule has 130 valence electrons. The summed E-state index contributed by atoms with van der Waals surface area (Å²) in [5, 5.41) is 3.03. The minimum atomic E-state index is -4.54. The number of rotatable bonds is 4. The lowest BCUT2D eigenvalue weighted by molar-refractivity contribution is -0.149. The van der Waals surface area contributed by atoms with Crippen LogP contribution in [0.5, 0.6) is 0 Å². The topological polar surface area (TPSA) is 15.3 Å². The van der Waals surface area contributed by atoms with E-state index >= 15 is 0 Å². The fourth-order valence-electron chi connectivity index (χ4n) is 2.62. The highest BCUT2D eigenvalue weighted by molar-refractivity contribution is 8.00. The van der Waals surface area contributed by atoms with E-state index in [1.54, 1.807) is 4.90 Å². The second kappa shape index (κ2) is 7.31. The molecule has 0 radical (unpaired) electrons. The van der Waals surface area contributed by atoms with Crippen molar-refractivity contribution in [2.24, 2.45) is 0 Å². The molecule has 1 aromatic rings. The summed E-state index contributed by atoms with van der Waals surface area (Å²) in [6.45, 7) is 1.77. The predicted molar refractivity (Wildman–Crippen MR) is 76.2 cm³/mol. The maximum atomic E-state index is 12.9. The van der Waals surface area contributed by atoms with Gasteiger partial charge in [0.15, 0.2) is 0 Å². The molecule has 2 nitrogen and oxygen atoms in total. The van der Waals surface area contributed by atoms with Gasteiger partial charge in [0.1, 0.15) is 0 Å². The summed E-state index contributed by atoms with van der Waals surface area (Å²) < 4.78 is 76.9. The molecular weight excluding hydrogens is 342 g/mol. The Morgan fingerprint density at radius 1 is 1.04 bits per heavy atom. The highest BCUT2D eigenvalue weighted by Crippen LogP contribution is 2.43. The van der Waals surface area contributed by atoms with Crippen LogP contribution < -0.4 is 5.32 Å². The van der Waals surface area contributed by atoms with E-state index < -0.39 is 24.1 Å². The Labute approximate surface area is 134 Å². The van der Waals surface area contributed by atoms with Gasteiger partial charge in [0.25, 0.3) is 0 Å². The first-order valence-electron chi connectivity index (χ1n) is 7.02. The fraction of sp³-hybridized carbons (Fsp3) is 0.571. The third kappa shape index (κ3) is 5.89. The number of nitrogens with one attached hydrogen (secondary N) is 1. The van der Waals surface area contributed by atoms with E-state index in [0.29, 0.717) is 26.2 Å². The molecule has 1 atom stereocenters. The van der Waals surface area contributed by atoms with E-state index in [4.69, 9.17) is 0 Å². The molecule has 0 spiro atoms. The van der Waals surface area contributed by atoms with Crippen LogP contribution in [0.3, 0.4) is 0 Å². The third-order valence-corrected chi connectivity index (χ3v) is 4.34. The fourth-order valence-corrected chi connectivity index (χ4v) is 3.34. The molecule has 1 fully saturated rings. The summed E-state index contributed by atoms with van der Waals surface area (Å²) in [5.74, 6) is 0. The van der Waals surface area contributed by atoms with Crippen LogP contribution in [0.1, 0.15) is 18.0 Å². The van der Waals surface area contributed by atoms with E-state index in [1.807, 2.05) is 0 Å². The zero-order chi connectivity index (χ0) is 17.1. The molecule has 1 aliphatic rings. The predicted octanol–water partition coefficient (Wildman–Crippen LogP) is 4.20. The Bertz CT molecular complexity index is 511. The average molecular weight is 358 g/mol. The Kier molecular flexibility index (Phi) is 5.85. The Balaban J connectivity index is 2.34. The molecule has 1 aliphatic heterocycles. The van der Waals surface area contributed by atoms with E-state index in [0.717, 1.165) is 0 Å². The molecule has 0 aliphatic carbocycles. The first-order chi connectivity index (χ1) is 10.7. The van der Waals surface area contributed by atoms with Gasteiger partial charge >= 0.3 is 11.7 Å². The maximum absolute atomic E-state index is 12.9. The van der Waals surface area contributed by atoms with Crippen molar-refractivity contribution in [3.8, 4) is 0 Å². The molecule has 1 aromatic carbocycles. The van der Waals surface area contributed by atoms with Gasteiger partial charge < -0.3 is 5.32 Å². The number of benzene rings is 1. The highest BCUT2D eigenvalue weighted by Gasteiger charge is 2.38. The Morgan fingerprint density at radius 2 is 1.65 bits per heavy atom. The number of nitrogens with zero attached hydrogens (tertiary/aromatic N) is 1. The van der Waals surface area contributed by atoms with Crippen LogP contribution in [0, 0.1) is 0 Å². The number of hydrogen-bond donors (Lipinski definition) is 1. The van der Waals surface area contributed by atoms with Crippen LogP contribution in [0.4, 0.5) is 26.3 Å². The second-order valence-corrected chi connectivity index (χ2v) is 6.31. The van der Waals surface area contributed by atoms with Crippen molar-refractivity contribution >= 4 is 11.8 Å². The maximum Gasteiger partial charge on any atom is 0.446 e. The molecule has 1 N–H and O–H groups in total. The normalized spacial score (nSPS) is 18.9. The third-order valence-electron chi connectivity index (χ3n) is 3.52. The summed E-state index contributed by atoms with van der Waals surface area (Å²) >= 11 is -0.364. The summed E-state index contributed by atoms with van der Waals surface area (Å²) in [7, 11) is 0. The first-order valence-corrected chi connectivity index (χ1v) is 7.83. The van der Waals surface area contributed by atoms with E-state index in [2.05, 4.69) is 5.32 Å². The molecule has 0 amide bonds. The van der Waals surface area contributed by atoms with Gasteiger partial charge in [0.05, 0.1) is 6.42 Å². The number of halogens is 6. The van der Waals surface area contributed by atoms with E-state index in [9.17, 15) is 26.3 Å². The van der Waals surface area contributed by atoms with Gasteiger partial charge in [-0.2, -0.15) is 26.3 Å². The summed E-state index contributed by atoms with van der Waals surface area (Å²) in [6.07, 6.45) is -5.62. The molecule has 0 aromatic heterocycles. The van der Waals surface area contributed by atoms with Crippen LogP contribution in [0.15, 0.2) is 29.2 Å². The monoisotopic (exact) mass is 358 g/mol. The molecule has 9 heteroatoms. The quantitative estimate of drug-likeness (QED) is 0.642. The van der Waals surface area contributed by atoms with Crippen LogP contribution in [0.2, 0.25) is 0 Å². The van der Waals surface area contributed by atoms with Gasteiger partial charge in [-0.25, -0.2) is 0 Å². The van der Waals surface area contributed by atoms with Crippen LogP contribution in [0.25, 0.3) is 0 Å². The van der Waals surface area contributed by atoms with Crippen molar-refractivity contribution in [1.29, 1.82) is 0 Å². The van der Waals surface area contributed by atoms with Crippen molar-refractivity contribution in [2.45, 2.75) is 29.0 Å². The highest BCUT2D eigenvalue weighted by atomic mass is 32.2. The van der Waals surface area contributed by atoms with Gasteiger partial charge in [-0.15, -0.1) is 0 Å². The Hall–Kier alpha value is -0.930. The lowest BCUT2D eigenvalue weighted by Gasteiger charge is -2.36. The molecule has 2 rings (SSSR count). The molecule has 0 saturated carbocycles. The van der Waals surface area contributed by atoms with Crippen LogP contribution in [-0.4, -0.2) is 42.8 Å².